The average Bonchev–Trinajstić information content (AvgIpc) is 3.23. The normalized spacial score (nSPS) is 12.8. The highest BCUT2D eigenvalue weighted by molar-refractivity contribution is 5.70. The zero-order valence-electron chi connectivity index (χ0n) is 38.0. The van der Waals surface area contributed by atoms with Crippen molar-refractivity contribution in [3.05, 3.63) is 72.9 Å². The second-order valence-electron chi connectivity index (χ2n) is 16.2. The fourth-order valence-corrected chi connectivity index (χ4v) is 6.85. The van der Waals surface area contributed by atoms with Gasteiger partial charge in [-0.2, -0.15) is 0 Å². The number of unbranched alkanes of at least 4 members (excludes halogenated alkanes) is 24. The van der Waals surface area contributed by atoms with E-state index in [9.17, 15) is 14.7 Å². The monoisotopic (exact) mass is 809 g/mol. The summed E-state index contributed by atoms with van der Waals surface area (Å²) in [7, 11) is 0. The summed E-state index contributed by atoms with van der Waals surface area (Å²) in [4.78, 5) is 24.4. The molecular weight excluding hydrogens is 717 g/mol. The number of carbonyl (C=O) groups is 2. The number of aliphatic hydroxyl groups is 1. The Balaban J connectivity index is 3.57. The van der Waals surface area contributed by atoms with Gasteiger partial charge in [0.05, 0.1) is 6.61 Å². The molecule has 0 aliphatic rings. The van der Waals surface area contributed by atoms with Crippen molar-refractivity contribution in [2.45, 2.75) is 238 Å². The smallest absolute Gasteiger partial charge is 0.306 e. The first-order valence-electron chi connectivity index (χ1n) is 24.5. The van der Waals surface area contributed by atoms with Gasteiger partial charge in [-0.3, -0.25) is 9.59 Å². The van der Waals surface area contributed by atoms with Crippen LogP contribution in [0.25, 0.3) is 0 Å². The van der Waals surface area contributed by atoms with Crippen LogP contribution in [0.3, 0.4) is 0 Å². The summed E-state index contributed by atoms with van der Waals surface area (Å²) in [6.45, 7) is 4.03. The summed E-state index contributed by atoms with van der Waals surface area (Å²) in [6, 6.07) is 0. The van der Waals surface area contributed by atoms with E-state index in [0.717, 1.165) is 83.5 Å². The molecule has 1 unspecified atom stereocenters. The zero-order chi connectivity index (χ0) is 42.1. The predicted molar refractivity (Wildman–Crippen MR) is 251 cm³/mol. The molecule has 0 rings (SSSR count). The third-order valence-corrected chi connectivity index (χ3v) is 10.5. The van der Waals surface area contributed by atoms with E-state index in [0.29, 0.717) is 12.8 Å². The van der Waals surface area contributed by atoms with Crippen LogP contribution in [-0.4, -0.2) is 36.4 Å². The Bertz CT molecular complexity index is 1050. The molecule has 0 aliphatic heterocycles. The second kappa shape index (κ2) is 48.7. The summed E-state index contributed by atoms with van der Waals surface area (Å²) >= 11 is 0. The molecule has 0 aliphatic carbocycles. The molecule has 0 saturated carbocycles. The summed E-state index contributed by atoms with van der Waals surface area (Å²) in [5, 5.41) is 9.62. The number of ether oxygens (including phenoxy) is 2. The summed E-state index contributed by atoms with van der Waals surface area (Å²) in [5.41, 5.74) is 0. The van der Waals surface area contributed by atoms with Crippen LogP contribution in [0.15, 0.2) is 72.9 Å². The molecule has 0 bridgehead atoms. The Kier molecular flexibility index (Phi) is 46.5. The van der Waals surface area contributed by atoms with Crippen molar-refractivity contribution < 1.29 is 24.2 Å². The third-order valence-electron chi connectivity index (χ3n) is 10.5. The number of hydrogen-bond acceptors (Lipinski definition) is 5. The Morgan fingerprint density at radius 1 is 0.414 bits per heavy atom. The first-order chi connectivity index (χ1) is 28.6. The fraction of sp³-hybridized carbons (Fsp3) is 0.736. The van der Waals surface area contributed by atoms with E-state index in [2.05, 4.69) is 86.8 Å². The van der Waals surface area contributed by atoms with Crippen molar-refractivity contribution in [3.63, 3.8) is 0 Å². The molecule has 1 N–H and O–H groups in total. The molecule has 5 heteroatoms. The van der Waals surface area contributed by atoms with Gasteiger partial charge in [0.25, 0.3) is 0 Å². The number of hydrogen-bond donors (Lipinski definition) is 1. The summed E-state index contributed by atoms with van der Waals surface area (Å²) in [5.74, 6) is -0.603. The van der Waals surface area contributed by atoms with Crippen molar-refractivity contribution in [1.29, 1.82) is 0 Å². The molecule has 0 fully saturated rings. The van der Waals surface area contributed by atoms with Gasteiger partial charge in [0.1, 0.15) is 6.61 Å². The molecule has 334 valence electrons. The van der Waals surface area contributed by atoms with Gasteiger partial charge in [0.15, 0.2) is 6.10 Å². The maximum atomic E-state index is 12.3. The number of esters is 2. The lowest BCUT2D eigenvalue weighted by molar-refractivity contribution is -0.161. The van der Waals surface area contributed by atoms with Crippen molar-refractivity contribution in [2.24, 2.45) is 0 Å². The number of allylic oxidation sites excluding steroid dienone is 12. The van der Waals surface area contributed by atoms with Crippen LogP contribution < -0.4 is 0 Å². The Labute approximate surface area is 359 Å². The zero-order valence-corrected chi connectivity index (χ0v) is 38.0. The van der Waals surface area contributed by atoms with Crippen LogP contribution in [0.1, 0.15) is 232 Å². The molecular formula is C53H92O5. The van der Waals surface area contributed by atoms with Crippen molar-refractivity contribution >= 4 is 11.9 Å². The van der Waals surface area contributed by atoms with Crippen LogP contribution >= 0.6 is 0 Å². The number of aliphatic hydroxyl groups excluding tert-OH is 1. The van der Waals surface area contributed by atoms with E-state index in [-0.39, 0.29) is 25.2 Å². The minimum absolute atomic E-state index is 0.0725. The van der Waals surface area contributed by atoms with E-state index in [1.807, 2.05) is 0 Å². The van der Waals surface area contributed by atoms with Gasteiger partial charge in [-0.1, -0.05) is 228 Å². The molecule has 0 aromatic heterocycles. The first kappa shape index (κ1) is 55.3. The molecule has 5 nitrogen and oxygen atoms in total. The first-order valence-corrected chi connectivity index (χ1v) is 24.5. The highest BCUT2D eigenvalue weighted by Gasteiger charge is 2.16. The highest BCUT2D eigenvalue weighted by atomic mass is 16.6. The van der Waals surface area contributed by atoms with E-state index in [1.54, 1.807) is 0 Å². The van der Waals surface area contributed by atoms with Gasteiger partial charge in [0, 0.05) is 12.8 Å². The third kappa shape index (κ3) is 46.0. The van der Waals surface area contributed by atoms with Crippen molar-refractivity contribution in [3.8, 4) is 0 Å². The van der Waals surface area contributed by atoms with E-state index in [1.165, 1.54) is 122 Å². The molecule has 0 amide bonds. The molecule has 0 aromatic carbocycles. The predicted octanol–water partition coefficient (Wildman–Crippen LogP) is 16.1. The largest absolute Gasteiger partial charge is 0.462 e. The Morgan fingerprint density at radius 3 is 1.12 bits per heavy atom. The van der Waals surface area contributed by atoms with Gasteiger partial charge in [-0.25, -0.2) is 0 Å². The maximum Gasteiger partial charge on any atom is 0.306 e. The van der Waals surface area contributed by atoms with Gasteiger partial charge in [-0.15, -0.1) is 0 Å². The topological polar surface area (TPSA) is 72.8 Å². The lowest BCUT2D eigenvalue weighted by Gasteiger charge is -2.15. The van der Waals surface area contributed by atoms with E-state index in [4.69, 9.17) is 9.47 Å². The molecule has 1 atom stereocenters. The van der Waals surface area contributed by atoms with Crippen LogP contribution in [0.2, 0.25) is 0 Å². The highest BCUT2D eigenvalue weighted by Crippen LogP contribution is 2.15. The van der Waals surface area contributed by atoms with E-state index >= 15 is 0 Å². The molecule has 0 spiro atoms. The van der Waals surface area contributed by atoms with Crippen LogP contribution in [0.5, 0.6) is 0 Å². The second-order valence-corrected chi connectivity index (χ2v) is 16.2. The van der Waals surface area contributed by atoms with Crippen LogP contribution in [0, 0.1) is 0 Å². The standard InChI is InChI=1S/C53H92O5/c1-3-5-7-9-11-13-15-17-19-21-23-24-25-26-27-28-30-32-34-36-38-40-42-44-46-48-53(56)58-51(49-54)50-57-52(55)47-45-43-41-39-37-35-33-31-29-22-20-18-16-14-12-10-8-6-4-2/h5,7,11,13,17,19,23-24,26-27,30,32,51,54H,3-4,6,8-10,12,14-16,18,20-22,25,28-29,31,33-50H2,1-2H3/b7-5-,13-11-,19-17-,24-23-,27-26-,32-30-. The molecule has 58 heavy (non-hydrogen) atoms. The van der Waals surface area contributed by atoms with Crippen molar-refractivity contribution in [2.75, 3.05) is 13.2 Å². The molecule has 0 aromatic rings. The van der Waals surface area contributed by atoms with Gasteiger partial charge >= 0.3 is 11.9 Å². The summed E-state index contributed by atoms with van der Waals surface area (Å²) < 4.78 is 10.7. The molecule has 0 saturated heterocycles. The van der Waals surface area contributed by atoms with Gasteiger partial charge < -0.3 is 14.6 Å². The maximum absolute atomic E-state index is 12.3. The summed E-state index contributed by atoms with van der Waals surface area (Å²) in [6.07, 6.45) is 65.5. The number of carbonyl (C=O) groups excluding carboxylic acids is 2. The van der Waals surface area contributed by atoms with E-state index < -0.39 is 6.10 Å². The van der Waals surface area contributed by atoms with Crippen molar-refractivity contribution in [1.82, 2.24) is 0 Å². The quantitative estimate of drug-likeness (QED) is 0.0377. The molecule has 0 radical (unpaired) electrons. The lowest BCUT2D eigenvalue weighted by Crippen LogP contribution is -2.28. The Morgan fingerprint density at radius 2 is 0.741 bits per heavy atom. The van der Waals surface area contributed by atoms with Crippen LogP contribution in [0.4, 0.5) is 0 Å². The number of rotatable bonds is 44. The molecule has 0 heterocycles. The lowest BCUT2D eigenvalue weighted by atomic mass is 10.0. The minimum atomic E-state index is -0.782. The van der Waals surface area contributed by atoms with Gasteiger partial charge in [0.2, 0.25) is 0 Å². The van der Waals surface area contributed by atoms with Crippen LogP contribution in [-0.2, 0) is 19.1 Å². The van der Waals surface area contributed by atoms with Gasteiger partial charge in [-0.05, 0) is 64.2 Å². The SMILES string of the molecule is CC/C=C\C/C=C\C/C=C\C/C=C\C/C=C\C/C=C\CCCCCCCCC(=O)OC(CO)COC(=O)CCCCCCCCCCCCCCCCCCCCC. The fourth-order valence-electron chi connectivity index (χ4n) is 6.85. The Hall–Kier alpha value is -2.66. The average molecular weight is 809 g/mol. The minimum Gasteiger partial charge on any atom is -0.462 e.